The van der Waals surface area contributed by atoms with Crippen molar-refractivity contribution in [3.8, 4) is 11.5 Å². The molecule has 0 radical (unpaired) electrons. The van der Waals surface area contributed by atoms with E-state index in [9.17, 15) is 18.4 Å². The second-order valence-corrected chi connectivity index (χ2v) is 9.44. The molecule has 2 aromatic heterocycles. The monoisotopic (exact) mass is 481 g/mol. The highest BCUT2D eigenvalue weighted by Gasteiger charge is 2.44. The molecule has 0 unspecified atom stereocenters. The number of amides is 2. The van der Waals surface area contributed by atoms with Crippen molar-refractivity contribution >= 4 is 11.8 Å². The number of piperidine rings is 1. The third-order valence-electron chi connectivity index (χ3n) is 6.80. The van der Waals surface area contributed by atoms with Crippen molar-refractivity contribution in [1.29, 1.82) is 0 Å². The molecular weight excluding hydrogens is 456 g/mol. The first kappa shape index (κ1) is 23.2. The molecule has 0 atom stereocenters. The lowest BCUT2D eigenvalue weighted by Crippen LogP contribution is -2.51. The van der Waals surface area contributed by atoms with Gasteiger partial charge in [-0.3, -0.25) is 19.5 Å². The van der Waals surface area contributed by atoms with E-state index in [1.54, 1.807) is 12.1 Å². The van der Waals surface area contributed by atoms with Crippen LogP contribution in [-0.2, 0) is 16.8 Å². The van der Waals surface area contributed by atoms with E-state index < -0.39 is 17.7 Å². The van der Waals surface area contributed by atoms with Gasteiger partial charge in [-0.2, -0.15) is 8.78 Å². The summed E-state index contributed by atoms with van der Waals surface area (Å²) in [6.45, 7) is 5.53. The smallest absolute Gasteiger partial charge is 0.314 e. The summed E-state index contributed by atoms with van der Waals surface area (Å²) in [7, 11) is 0. The van der Waals surface area contributed by atoms with Crippen LogP contribution in [0, 0.1) is 0 Å². The van der Waals surface area contributed by atoms with Crippen molar-refractivity contribution in [2.24, 2.45) is 0 Å². The molecule has 8 nitrogen and oxygen atoms in total. The number of hydrogen-bond donors (Lipinski definition) is 1. The molecule has 0 aliphatic carbocycles. The minimum atomic E-state index is -2.86. The zero-order chi connectivity index (χ0) is 24.7. The minimum Gasteiger partial charge on any atom is -0.415 e. The summed E-state index contributed by atoms with van der Waals surface area (Å²) >= 11 is 0. The van der Waals surface area contributed by atoms with Crippen molar-refractivity contribution in [1.82, 2.24) is 25.4 Å². The van der Waals surface area contributed by atoms with Gasteiger partial charge < -0.3 is 9.73 Å². The topological polar surface area (TPSA) is 101 Å². The minimum absolute atomic E-state index is 0.00941. The highest BCUT2D eigenvalue weighted by Crippen LogP contribution is 2.37. The Balaban J connectivity index is 1.40. The standard InChI is InChI=1S/C25H25F2N5O3/c1-25(2)19-6-4-15(14-7-9-28-10-8-14)11-18(19)23(33)32(24(25)34)13-17-5-3-16(12-29-17)21-30-31-22(35-21)20(26)27/h3-6,11-12,14,20,28H,7-10,13H2,1-2H3. The van der Waals surface area contributed by atoms with Crippen LogP contribution in [0.5, 0.6) is 0 Å². The molecule has 0 bridgehead atoms. The first-order chi connectivity index (χ1) is 16.8. The number of nitrogens with zero attached hydrogens (tertiary/aromatic N) is 4. The quantitative estimate of drug-likeness (QED) is 0.550. The van der Waals surface area contributed by atoms with E-state index >= 15 is 0 Å². The van der Waals surface area contributed by atoms with Gasteiger partial charge in [0.15, 0.2) is 0 Å². The van der Waals surface area contributed by atoms with Gasteiger partial charge in [0.2, 0.25) is 11.8 Å². The highest BCUT2D eigenvalue weighted by molar-refractivity contribution is 6.12. The molecule has 0 spiro atoms. The van der Waals surface area contributed by atoms with E-state index in [2.05, 4.69) is 20.5 Å². The third kappa shape index (κ3) is 4.22. The molecular formula is C25H25F2N5O3. The van der Waals surface area contributed by atoms with Crippen molar-refractivity contribution in [3.63, 3.8) is 0 Å². The number of nitrogens with one attached hydrogen (secondary N) is 1. The summed E-state index contributed by atoms with van der Waals surface area (Å²) in [6, 6.07) is 9.10. The number of hydrogen-bond acceptors (Lipinski definition) is 7. The van der Waals surface area contributed by atoms with Crippen LogP contribution >= 0.6 is 0 Å². The molecule has 1 aromatic carbocycles. The normalized spacial score (nSPS) is 18.3. The average molecular weight is 482 g/mol. The molecule has 2 aliphatic rings. The summed E-state index contributed by atoms with van der Waals surface area (Å²) in [6.07, 6.45) is 0.550. The molecule has 5 rings (SSSR count). The second-order valence-electron chi connectivity index (χ2n) is 9.44. The summed E-state index contributed by atoms with van der Waals surface area (Å²) in [5.74, 6) is -1.10. The molecule has 2 amide bonds. The van der Waals surface area contributed by atoms with Crippen molar-refractivity contribution in [2.75, 3.05) is 13.1 Å². The van der Waals surface area contributed by atoms with E-state index in [0.29, 0.717) is 22.7 Å². The maximum absolute atomic E-state index is 13.5. The Morgan fingerprint density at radius 3 is 2.57 bits per heavy atom. The van der Waals surface area contributed by atoms with E-state index in [4.69, 9.17) is 4.42 Å². The molecule has 1 saturated heterocycles. The number of halogens is 2. The van der Waals surface area contributed by atoms with Crippen LogP contribution in [0.15, 0.2) is 40.9 Å². The Labute approximate surface area is 200 Å². The zero-order valence-electron chi connectivity index (χ0n) is 19.4. The first-order valence-electron chi connectivity index (χ1n) is 11.5. The maximum atomic E-state index is 13.5. The lowest BCUT2D eigenvalue weighted by Gasteiger charge is -2.38. The Morgan fingerprint density at radius 2 is 1.91 bits per heavy atom. The number of carbonyl (C=O) groups excluding carboxylic acids is 2. The van der Waals surface area contributed by atoms with Crippen LogP contribution in [0.2, 0.25) is 0 Å². The molecule has 182 valence electrons. The number of fused-ring (bicyclic) bond motifs is 1. The number of alkyl halides is 2. The van der Waals surface area contributed by atoms with Gasteiger partial charge in [-0.15, -0.1) is 10.2 Å². The van der Waals surface area contributed by atoms with Crippen LogP contribution in [0.1, 0.15) is 72.1 Å². The van der Waals surface area contributed by atoms with Crippen molar-refractivity contribution in [2.45, 2.75) is 51.0 Å². The van der Waals surface area contributed by atoms with Gasteiger partial charge in [0.1, 0.15) is 0 Å². The summed E-state index contributed by atoms with van der Waals surface area (Å²) in [4.78, 5) is 32.3. The van der Waals surface area contributed by atoms with Gasteiger partial charge in [-0.05, 0) is 75.0 Å². The molecule has 10 heteroatoms. The first-order valence-corrected chi connectivity index (χ1v) is 11.5. The molecule has 3 aromatic rings. The van der Waals surface area contributed by atoms with Gasteiger partial charge in [0.25, 0.3) is 11.8 Å². The van der Waals surface area contributed by atoms with E-state index in [1.165, 1.54) is 11.1 Å². The Bertz CT molecular complexity index is 1270. The van der Waals surface area contributed by atoms with Crippen LogP contribution in [0.4, 0.5) is 8.78 Å². The van der Waals surface area contributed by atoms with Crippen LogP contribution < -0.4 is 5.32 Å². The second kappa shape index (κ2) is 8.92. The van der Waals surface area contributed by atoms with Crippen LogP contribution in [0.25, 0.3) is 11.5 Å². The molecule has 0 saturated carbocycles. The lowest BCUT2D eigenvalue weighted by molar-refractivity contribution is -0.134. The predicted molar refractivity (Wildman–Crippen MR) is 122 cm³/mol. The maximum Gasteiger partial charge on any atom is 0.314 e. The Morgan fingerprint density at radius 1 is 1.14 bits per heavy atom. The average Bonchev–Trinajstić information content (AvgIpc) is 3.37. The molecule has 1 N–H and O–H groups in total. The number of aromatic nitrogens is 3. The summed E-state index contributed by atoms with van der Waals surface area (Å²) in [5, 5.41) is 10.3. The number of rotatable bonds is 5. The fourth-order valence-electron chi connectivity index (χ4n) is 4.77. The van der Waals surface area contributed by atoms with Crippen molar-refractivity contribution in [3.05, 3.63) is 64.8 Å². The number of imide groups is 1. The lowest BCUT2D eigenvalue weighted by atomic mass is 9.75. The van der Waals surface area contributed by atoms with E-state index in [-0.39, 0.29) is 24.2 Å². The van der Waals surface area contributed by atoms with Gasteiger partial charge in [-0.25, -0.2) is 0 Å². The largest absolute Gasteiger partial charge is 0.415 e. The Hall–Kier alpha value is -3.53. The molecule has 2 aliphatic heterocycles. The molecule has 1 fully saturated rings. The number of pyridine rings is 1. The van der Waals surface area contributed by atoms with Crippen LogP contribution in [0.3, 0.4) is 0 Å². The van der Waals surface area contributed by atoms with Crippen LogP contribution in [-0.4, -0.2) is 45.0 Å². The fraction of sp³-hybridized carbons (Fsp3) is 0.400. The summed E-state index contributed by atoms with van der Waals surface area (Å²) in [5.41, 5.74) is 2.36. The Kier molecular flexibility index (Phi) is 5.92. The SMILES string of the molecule is CC1(C)C(=O)N(Cc2ccc(-c3nnc(C(F)F)o3)cn2)C(=O)c2cc(C3CCNCC3)ccc21. The molecule has 35 heavy (non-hydrogen) atoms. The number of carbonyl (C=O) groups is 2. The molecule has 4 heterocycles. The van der Waals surface area contributed by atoms with Gasteiger partial charge in [0.05, 0.1) is 23.2 Å². The van der Waals surface area contributed by atoms with Crippen molar-refractivity contribution < 1.29 is 22.8 Å². The summed E-state index contributed by atoms with van der Waals surface area (Å²) < 4.78 is 30.4. The van der Waals surface area contributed by atoms with E-state index in [0.717, 1.165) is 37.1 Å². The number of benzene rings is 1. The zero-order valence-corrected chi connectivity index (χ0v) is 19.4. The van der Waals surface area contributed by atoms with E-state index in [1.807, 2.05) is 32.0 Å². The van der Waals surface area contributed by atoms with Gasteiger partial charge in [0, 0.05) is 11.8 Å². The van der Waals surface area contributed by atoms with Gasteiger partial charge >= 0.3 is 6.43 Å². The highest BCUT2D eigenvalue weighted by atomic mass is 19.3. The fourth-order valence-corrected chi connectivity index (χ4v) is 4.77. The van der Waals surface area contributed by atoms with Gasteiger partial charge in [-0.1, -0.05) is 12.1 Å². The third-order valence-corrected chi connectivity index (χ3v) is 6.80. The predicted octanol–water partition coefficient (Wildman–Crippen LogP) is 4.00.